The highest BCUT2D eigenvalue weighted by Crippen LogP contribution is 2.27. The van der Waals surface area contributed by atoms with E-state index in [2.05, 4.69) is 42.0 Å². The van der Waals surface area contributed by atoms with Crippen LogP contribution in [0.15, 0.2) is 30.3 Å². The van der Waals surface area contributed by atoms with Gasteiger partial charge in [-0.2, -0.15) is 26.3 Å². The van der Waals surface area contributed by atoms with Crippen LogP contribution in [-0.2, 0) is 76.5 Å². The third-order valence-electron chi connectivity index (χ3n) is 14.0. The van der Waals surface area contributed by atoms with Crippen LogP contribution in [0.2, 0.25) is 0 Å². The molecule has 0 radical (unpaired) electrons. The summed E-state index contributed by atoms with van der Waals surface area (Å²) in [6, 6.07) is -13.6. The fourth-order valence-corrected chi connectivity index (χ4v) is 8.92. The third-order valence-corrected chi connectivity index (χ3v) is 14.0. The molecule has 94 heavy (non-hydrogen) atoms. The van der Waals surface area contributed by atoms with Gasteiger partial charge in [0.25, 0.3) is 0 Å². The zero-order valence-electron chi connectivity index (χ0n) is 52.8. The Balaban J connectivity index is 3.29. The molecule has 14 atom stereocenters. The van der Waals surface area contributed by atoms with Crippen molar-refractivity contribution in [2.45, 2.75) is 186 Å². The minimum absolute atomic E-state index is 0.0790. The van der Waals surface area contributed by atoms with Crippen LogP contribution >= 0.6 is 0 Å². The molecule has 10 amide bonds. The van der Waals surface area contributed by atoms with Gasteiger partial charge in [0.05, 0.1) is 18.7 Å². The molecule has 0 saturated carbocycles. The molecule has 0 spiro atoms. The van der Waals surface area contributed by atoms with Crippen LogP contribution in [-0.4, -0.2) is 198 Å². The van der Waals surface area contributed by atoms with Gasteiger partial charge >= 0.3 is 30.3 Å². The Labute approximate surface area is 535 Å². The highest BCUT2D eigenvalue weighted by Gasteiger charge is 2.49. The number of ether oxygens (including phenoxy) is 3. The Morgan fingerprint density at radius 3 is 1.73 bits per heavy atom. The molecule has 0 unspecified atom stereocenters. The van der Waals surface area contributed by atoms with Crippen molar-refractivity contribution in [1.82, 2.24) is 53.2 Å². The SMILES string of the molecule is CC[C@H](C)[C@@H]1NC(=O)[C@@H](CCCNC(=N)N)NC(=O)[C@H](CC(C)C)NC(=O)[C@H]([C@H](OC(=O)C(F)(F)F)C(C)C)NC(=O)[C@@H](NC(=O)[C@@H](N)CC(C)C)[C@@H](c2ccccc2)OC(=O)[C@H](COC(=O)C(F)(F)F)NC(=O)[C@H]([C@H](O)C(N)=O)NC(=O)CNC(=O)[C@H]([C@H](C)O)NC1=O. The van der Waals surface area contributed by atoms with Crippen LogP contribution in [0, 0.1) is 29.1 Å². The number of aliphatic hydroxyl groups excluding tert-OH is 2. The highest BCUT2D eigenvalue weighted by atomic mass is 19.4. The number of benzene rings is 1. The first-order valence-corrected chi connectivity index (χ1v) is 29.5. The van der Waals surface area contributed by atoms with Gasteiger partial charge < -0.3 is 94.8 Å². The zero-order valence-corrected chi connectivity index (χ0v) is 52.8. The number of carbonyl (C=O) groups is 13. The van der Waals surface area contributed by atoms with Crippen LogP contribution in [0.3, 0.4) is 0 Å². The van der Waals surface area contributed by atoms with E-state index in [9.17, 15) is 89.3 Å². The van der Waals surface area contributed by atoms with E-state index < -0.39 is 211 Å². The van der Waals surface area contributed by atoms with Gasteiger partial charge in [0.1, 0.15) is 55.0 Å². The number of hydrogen-bond donors (Lipinski definition) is 16. The number of cyclic esters (lactones) is 1. The summed E-state index contributed by atoms with van der Waals surface area (Å²) in [5, 5.41) is 51.0. The van der Waals surface area contributed by atoms with Crippen molar-refractivity contribution >= 4 is 82.9 Å². The molecule has 1 heterocycles. The quantitative estimate of drug-likeness (QED) is 0.0142. The van der Waals surface area contributed by atoms with E-state index in [1.54, 1.807) is 31.4 Å². The predicted molar refractivity (Wildman–Crippen MR) is 314 cm³/mol. The van der Waals surface area contributed by atoms with Gasteiger partial charge in [0.15, 0.2) is 24.2 Å². The van der Waals surface area contributed by atoms with E-state index in [0.29, 0.717) is 0 Å². The second-order valence-corrected chi connectivity index (χ2v) is 23.2. The number of carbonyl (C=O) groups excluding carboxylic acids is 13. The Morgan fingerprint density at radius 1 is 0.681 bits per heavy atom. The Kier molecular flexibility index (Phi) is 32.0. The van der Waals surface area contributed by atoms with Crippen molar-refractivity contribution in [2.75, 3.05) is 19.7 Å². The largest absolute Gasteiger partial charge is 0.490 e. The molecule has 19 N–H and O–H groups in total. The van der Waals surface area contributed by atoms with E-state index in [4.69, 9.17) is 32.1 Å². The van der Waals surface area contributed by atoms with Crippen LogP contribution in [0.5, 0.6) is 0 Å². The maximum Gasteiger partial charge on any atom is 0.490 e. The molecule has 528 valence electrons. The fourth-order valence-electron chi connectivity index (χ4n) is 8.92. The summed E-state index contributed by atoms with van der Waals surface area (Å²) >= 11 is 0. The molecule has 0 bridgehead atoms. The van der Waals surface area contributed by atoms with Crippen LogP contribution < -0.4 is 70.4 Å². The molecule has 0 aliphatic carbocycles. The molecule has 1 aromatic rings. The number of amides is 10. The minimum Gasteiger partial charge on any atom is -0.456 e. The molecule has 0 aromatic heterocycles. The van der Waals surface area contributed by atoms with Gasteiger partial charge in [0.2, 0.25) is 59.1 Å². The van der Waals surface area contributed by atoms with E-state index in [1.807, 2.05) is 5.32 Å². The molecule has 1 fully saturated rings. The molecular weight excluding hydrogens is 1270 g/mol. The fraction of sp³-hybridized carbons (Fsp3) is 0.643. The number of rotatable bonds is 21. The van der Waals surface area contributed by atoms with E-state index >= 15 is 9.59 Å². The molecule has 32 nitrogen and oxygen atoms in total. The summed E-state index contributed by atoms with van der Waals surface area (Å²) in [5.74, 6) is -26.6. The molecule has 1 aliphatic rings. The highest BCUT2D eigenvalue weighted by molar-refractivity contribution is 6.00. The first kappa shape index (κ1) is 81.2. The summed E-state index contributed by atoms with van der Waals surface area (Å²) in [4.78, 5) is 181. The maximum absolute atomic E-state index is 15.3. The summed E-state index contributed by atoms with van der Waals surface area (Å²) in [7, 11) is 0. The van der Waals surface area contributed by atoms with Crippen LogP contribution in [0.25, 0.3) is 0 Å². The van der Waals surface area contributed by atoms with E-state index in [1.165, 1.54) is 39.0 Å². The summed E-state index contributed by atoms with van der Waals surface area (Å²) < 4.78 is 98.2. The summed E-state index contributed by atoms with van der Waals surface area (Å²) in [6.07, 6.45) is -22.1. The monoisotopic (exact) mass is 1350 g/mol. The van der Waals surface area contributed by atoms with Crippen molar-refractivity contribution < 1.29 is 113 Å². The molecule has 1 aromatic carbocycles. The molecule has 1 aliphatic heterocycles. The number of aliphatic hydroxyl groups is 2. The van der Waals surface area contributed by atoms with E-state index in [-0.39, 0.29) is 43.7 Å². The number of nitrogens with two attached hydrogens (primary N) is 3. The van der Waals surface area contributed by atoms with Gasteiger partial charge in [-0.3, -0.25) is 53.4 Å². The van der Waals surface area contributed by atoms with Crippen molar-refractivity contribution in [2.24, 2.45) is 40.9 Å². The lowest BCUT2D eigenvalue weighted by Gasteiger charge is -2.34. The number of alkyl halides is 6. The molecule has 38 heteroatoms. The van der Waals surface area contributed by atoms with Gasteiger partial charge in [-0.25, -0.2) is 14.4 Å². The zero-order chi connectivity index (χ0) is 71.9. The second-order valence-electron chi connectivity index (χ2n) is 23.2. The number of nitrogens with one attached hydrogen (secondary N) is 11. The topological polar surface area (TPSA) is 512 Å². The number of hydrogen-bond acceptors (Lipinski definition) is 20. The van der Waals surface area contributed by atoms with Gasteiger partial charge in [0, 0.05) is 6.54 Å². The molecule has 2 rings (SSSR count). The second kappa shape index (κ2) is 37.1. The maximum atomic E-state index is 15.3. The molecule has 1 saturated heterocycles. The number of guanidine groups is 1. The first-order chi connectivity index (χ1) is 43.5. The Bertz CT molecular complexity index is 2850. The van der Waals surface area contributed by atoms with Crippen LogP contribution in [0.1, 0.15) is 106 Å². The third kappa shape index (κ3) is 26.2. The summed E-state index contributed by atoms with van der Waals surface area (Å²) in [6.45, 7) is 9.25. The number of primary amides is 1. The average molecular weight is 1360 g/mol. The predicted octanol–water partition coefficient (Wildman–Crippen LogP) is -3.53. The van der Waals surface area contributed by atoms with Crippen LogP contribution in [0.4, 0.5) is 26.3 Å². The standard InChI is InChI=1S/C56H84F6N14O18/c1-10-26(8)34-47(85)74-35(27(9)77)46(84)68-21-33(78)72-36(39(79)42(64)80)48(86)71-32(22-92-52(90)55(57,58)59)51(89)93-41(28-15-12-11-13-16-28)38(75-43(81)29(63)19-23(2)3)50(88)76-37(40(25(6)7)94-53(91)56(60,61)62)49(87)70-31(20-24(4)5)45(83)69-30(44(82)73-34)17-14-18-67-54(65)66/h11-13,15-16,23-27,29-32,34-41,77,79H,10,14,17-22,63H2,1-9H3,(H2,64,80)(H,68,84)(H,69,83)(H,70,87)(H,71,86)(H,72,78)(H,73,82)(H,74,85)(H,75,81)(H,76,88)(H4,65,66,67)/t26-,27-,29-,30+,31-,32-,34-,35-,36-,37-,38-,39-,40+,41+/m0/s1. The summed E-state index contributed by atoms with van der Waals surface area (Å²) in [5.41, 5.74) is 16.5. The van der Waals surface area contributed by atoms with Gasteiger partial charge in [-0.1, -0.05) is 92.1 Å². The normalized spacial score (nSPS) is 24.1. The van der Waals surface area contributed by atoms with Gasteiger partial charge in [-0.05, 0) is 61.8 Å². The number of esters is 3. The van der Waals surface area contributed by atoms with Gasteiger partial charge in [-0.15, -0.1) is 0 Å². The average Bonchev–Trinajstić information content (AvgIpc) is 0.875. The van der Waals surface area contributed by atoms with Crippen molar-refractivity contribution in [3.8, 4) is 0 Å². The van der Waals surface area contributed by atoms with Crippen molar-refractivity contribution in [1.29, 1.82) is 5.41 Å². The van der Waals surface area contributed by atoms with E-state index in [0.717, 1.165) is 32.9 Å². The Hall–Kier alpha value is -8.94. The Morgan fingerprint density at radius 2 is 1.21 bits per heavy atom. The lowest BCUT2D eigenvalue weighted by Crippen LogP contribution is -2.64. The van der Waals surface area contributed by atoms with Crippen molar-refractivity contribution in [3.63, 3.8) is 0 Å². The van der Waals surface area contributed by atoms with Crippen molar-refractivity contribution in [3.05, 3.63) is 35.9 Å². The lowest BCUT2D eigenvalue weighted by molar-refractivity contribution is -0.208. The first-order valence-electron chi connectivity index (χ1n) is 29.5. The number of halogens is 6. The minimum atomic E-state index is -5.82. The smallest absolute Gasteiger partial charge is 0.456 e. The molecular formula is C56H84F6N14O18. The lowest BCUT2D eigenvalue weighted by atomic mass is 9.95.